The van der Waals surface area contributed by atoms with E-state index >= 15 is 0 Å². The molecular formula is C14H16N2O2. The molecule has 0 radical (unpaired) electrons. The molecular weight excluding hydrogens is 228 g/mol. The summed E-state index contributed by atoms with van der Waals surface area (Å²) in [5, 5.41) is 12.1. The minimum atomic E-state index is -0.151. The van der Waals surface area contributed by atoms with E-state index in [1.165, 1.54) is 12.7 Å². The average molecular weight is 244 g/mol. The molecule has 1 heterocycles. The molecule has 18 heavy (non-hydrogen) atoms. The maximum Gasteiger partial charge on any atom is 0.305 e. The molecule has 0 amide bonds. The van der Waals surface area contributed by atoms with Gasteiger partial charge in [0.25, 0.3) is 0 Å². The van der Waals surface area contributed by atoms with Crippen molar-refractivity contribution in [2.75, 3.05) is 13.7 Å². The highest BCUT2D eigenvalue weighted by atomic mass is 16.5. The van der Waals surface area contributed by atoms with Crippen molar-refractivity contribution < 1.29 is 9.53 Å². The predicted molar refractivity (Wildman–Crippen MR) is 66.6 cm³/mol. The number of ether oxygens (including phenoxy) is 1. The summed E-state index contributed by atoms with van der Waals surface area (Å²) in [4.78, 5) is 11.2. The normalized spacial score (nSPS) is 22.4. The van der Waals surface area contributed by atoms with E-state index in [2.05, 4.69) is 16.1 Å². The molecule has 1 aliphatic heterocycles. The van der Waals surface area contributed by atoms with Crippen molar-refractivity contribution in [2.24, 2.45) is 5.92 Å². The molecule has 0 spiro atoms. The van der Waals surface area contributed by atoms with E-state index in [1.54, 1.807) is 0 Å². The summed E-state index contributed by atoms with van der Waals surface area (Å²) in [6, 6.07) is 9.96. The molecule has 1 aliphatic rings. The van der Waals surface area contributed by atoms with Crippen molar-refractivity contribution in [3.63, 3.8) is 0 Å². The Labute approximate surface area is 107 Å². The Morgan fingerprint density at radius 2 is 2.22 bits per heavy atom. The van der Waals surface area contributed by atoms with Crippen molar-refractivity contribution in [1.82, 2.24) is 5.32 Å². The van der Waals surface area contributed by atoms with E-state index in [0.29, 0.717) is 17.9 Å². The van der Waals surface area contributed by atoms with Crippen molar-refractivity contribution in [3.8, 4) is 6.07 Å². The number of carbonyl (C=O) groups excluding carboxylic acids is 1. The molecule has 1 fully saturated rings. The summed E-state index contributed by atoms with van der Waals surface area (Å²) in [5.74, 6) is 0.181. The van der Waals surface area contributed by atoms with Crippen LogP contribution in [0, 0.1) is 17.2 Å². The van der Waals surface area contributed by atoms with Gasteiger partial charge >= 0.3 is 5.97 Å². The van der Waals surface area contributed by atoms with E-state index in [4.69, 9.17) is 5.26 Å². The van der Waals surface area contributed by atoms with Crippen LogP contribution in [0.25, 0.3) is 0 Å². The van der Waals surface area contributed by atoms with Gasteiger partial charge < -0.3 is 10.1 Å². The Morgan fingerprint density at radius 3 is 2.83 bits per heavy atom. The second kappa shape index (κ2) is 5.65. The summed E-state index contributed by atoms with van der Waals surface area (Å²) < 4.78 is 4.68. The zero-order valence-electron chi connectivity index (χ0n) is 10.3. The van der Waals surface area contributed by atoms with Crippen LogP contribution < -0.4 is 5.32 Å². The smallest absolute Gasteiger partial charge is 0.305 e. The zero-order chi connectivity index (χ0) is 13.0. The maximum atomic E-state index is 11.2. The van der Waals surface area contributed by atoms with Crippen LogP contribution in [0.1, 0.15) is 30.0 Å². The van der Waals surface area contributed by atoms with Crippen molar-refractivity contribution in [1.29, 1.82) is 5.26 Å². The highest BCUT2D eigenvalue weighted by Gasteiger charge is 2.27. The second-order valence-electron chi connectivity index (χ2n) is 4.58. The lowest BCUT2D eigenvalue weighted by molar-refractivity contribution is -0.141. The lowest BCUT2D eigenvalue weighted by Gasteiger charge is -2.10. The van der Waals surface area contributed by atoms with Crippen LogP contribution in [0.15, 0.2) is 24.3 Å². The van der Waals surface area contributed by atoms with Crippen LogP contribution in [0.4, 0.5) is 0 Å². The molecule has 0 saturated carbocycles. The van der Waals surface area contributed by atoms with E-state index in [9.17, 15) is 4.79 Å². The Morgan fingerprint density at radius 1 is 1.50 bits per heavy atom. The number of nitrogens with one attached hydrogen (secondary N) is 1. The van der Waals surface area contributed by atoms with Crippen molar-refractivity contribution in [3.05, 3.63) is 35.4 Å². The number of hydrogen-bond donors (Lipinski definition) is 1. The molecule has 1 aromatic rings. The monoisotopic (exact) mass is 244 g/mol. The molecule has 1 saturated heterocycles. The van der Waals surface area contributed by atoms with Gasteiger partial charge in [-0.3, -0.25) is 4.79 Å². The Kier molecular flexibility index (Phi) is 3.96. The summed E-state index contributed by atoms with van der Waals surface area (Å²) >= 11 is 0. The first-order valence-corrected chi connectivity index (χ1v) is 6.03. The highest BCUT2D eigenvalue weighted by Crippen LogP contribution is 2.29. The van der Waals surface area contributed by atoms with Gasteiger partial charge in [0.05, 0.1) is 18.7 Å². The number of rotatable bonds is 3. The van der Waals surface area contributed by atoms with Gasteiger partial charge in [-0.15, -0.1) is 0 Å². The minimum absolute atomic E-state index is 0.151. The molecule has 2 atom stereocenters. The van der Waals surface area contributed by atoms with Crippen LogP contribution in [0.2, 0.25) is 0 Å². The third-order valence-corrected chi connectivity index (χ3v) is 3.35. The van der Waals surface area contributed by atoms with Crippen LogP contribution in [0.5, 0.6) is 0 Å². The van der Waals surface area contributed by atoms with Crippen LogP contribution >= 0.6 is 0 Å². The van der Waals surface area contributed by atoms with Crippen molar-refractivity contribution in [2.45, 2.75) is 18.9 Å². The molecule has 4 nitrogen and oxygen atoms in total. The molecule has 1 N–H and O–H groups in total. The molecule has 1 aromatic carbocycles. The third-order valence-electron chi connectivity index (χ3n) is 3.35. The largest absolute Gasteiger partial charge is 0.469 e. The number of benzene rings is 1. The Hall–Kier alpha value is -1.86. The number of methoxy groups -OCH3 is 1. The topological polar surface area (TPSA) is 62.1 Å². The molecule has 0 aromatic heterocycles. The zero-order valence-corrected chi connectivity index (χ0v) is 10.3. The lowest BCUT2D eigenvalue weighted by atomic mass is 9.97. The predicted octanol–water partition coefficient (Wildman–Crippen LogP) is 1.77. The second-order valence-corrected chi connectivity index (χ2v) is 4.58. The van der Waals surface area contributed by atoms with Crippen LogP contribution in [0.3, 0.4) is 0 Å². The van der Waals surface area contributed by atoms with E-state index in [0.717, 1.165) is 13.0 Å². The number of hydrogen-bond acceptors (Lipinski definition) is 4. The van der Waals surface area contributed by atoms with Gasteiger partial charge in [-0.25, -0.2) is 0 Å². The van der Waals surface area contributed by atoms with E-state index in [1.807, 2.05) is 24.3 Å². The van der Waals surface area contributed by atoms with Gasteiger partial charge in [0, 0.05) is 12.5 Å². The Balaban J connectivity index is 1.95. The number of nitrogens with zero attached hydrogens (tertiary/aromatic N) is 1. The first-order chi connectivity index (χ1) is 8.72. The molecule has 2 rings (SSSR count). The summed E-state index contributed by atoms with van der Waals surface area (Å²) in [5.41, 5.74) is 1.84. The molecule has 94 valence electrons. The maximum absolute atomic E-state index is 11.2. The molecule has 0 aliphatic carbocycles. The van der Waals surface area contributed by atoms with Gasteiger partial charge in [0.15, 0.2) is 0 Å². The van der Waals surface area contributed by atoms with Gasteiger partial charge in [-0.05, 0) is 36.6 Å². The standard InChI is InChI=1S/C14H16N2O2/c1-18-14(17)7-11-6-13(16-9-11)12-4-2-10(8-15)3-5-12/h2-5,11,13,16H,6-7,9H2,1H3/t11-,13-/m1/s1. The SMILES string of the molecule is COC(=O)C[C@@H]1CN[C@@H](c2ccc(C#N)cc2)C1. The molecule has 0 unspecified atom stereocenters. The van der Waals surface area contributed by atoms with Gasteiger partial charge in [0.2, 0.25) is 0 Å². The third kappa shape index (κ3) is 2.88. The van der Waals surface area contributed by atoms with Crippen molar-refractivity contribution >= 4 is 5.97 Å². The summed E-state index contributed by atoms with van der Waals surface area (Å²) in [7, 11) is 1.42. The fourth-order valence-corrected chi connectivity index (χ4v) is 2.33. The number of nitriles is 1. The minimum Gasteiger partial charge on any atom is -0.469 e. The fourth-order valence-electron chi connectivity index (χ4n) is 2.33. The van der Waals surface area contributed by atoms with Gasteiger partial charge in [-0.1, -0.05) is 12.1 Å². The lowest BCUT2D eigenvalue weighted by Crippen LogP contribution is -2.15. The number of carbonyl (C=O) groups is 1. The first kappa shape index (κ1) is 12.6. The number of esters is 1. The van der Waals surface area contributed by atoms with E-state index in [-0.39, 0.29) is 12.0 Å². The molecule has 4 heteroatoms. The van der Waals surface area contributed by atoms with Crippen LogP contribution in [-0.2, 0) is 9.53 Å². The van der Waals surface area contributed by atoms with Gasteiger partial charge in [0.1, 0.15) is 0 Å². The summed E-state index contributed by atoms with van der Waals surface area (Å²) in [6.45, 7) is 0.833. The van der Waals surface area contributed by atoms with Gasteiger partial charge in [-0.2, -0.15) is 5.26 Å². The summed E-state index contributed by atoms with van der Waals surface area (Å²) in [6.07, 6.45) is 1.40. The van der Waals surface area contributed by atoms with E-state index < -0.39 is 0 Å². The Bertz CT molecular complexity index is 462. The quantitative estimate of drug-likeness (QED) is 0.823. The molecule has 0 bridgehead atoms. The fraction of sp³-hybridized carbons (Fsp3) is 0.429. The first-order valence-electron chi connectivity index (χ1n) is 6.03. The average Bonchev–Trinajstić information content (AvgIpc) is 2.87. The highest BCUT2D eigenvalue weighted by molar-refractivity contribution is 5.69. The van der Waals surface area contributed by atoms with Crippen LogP contribution in [-0.4, -0.2) is 19.6 Å².